The van der Waals surface area contributed by atoms with Crippen LogP contribution >= 0.6 is 11.8 Å². The zero-order chi connectivity index (χ0) is 5.82. The Balaban J connectivity index is 0.000000640. The SMILES string of the molecule is CSC1=NCCCN1.[I-]. The summed E-state index contributed by atoms with van der Waals surface area (Å²) in [7, 11) is 0. The summed E-state index contributed by atoms with van der Waals surface area (Å²) in [5, 5.41) is 4.28. The molecular formula is C5H10IN2S-. The van der Waals surface area contributed by atoms with Gasteiger partial charge in [-0.3, -0.25) is 4.99 Å². The van der Waals surface area contributed by atoms with E-state index >= 15 is 0 Å². The van der Waals surface area contributed by atoms with E-state index in [9.17, 15) is 0 Å². The van der Waals surface area contributed by atoms with Crippen LogP contribution in [0, 0.1) is 0 Å². The van der Waals surface area contributed by atoms with Crippen molar-refractivity contribution in [3.63, 3.8) is 0 Å². The second-order valence-electron chi connectivity index (χ2n) is 1.67. The van der Waals surface area contributed by atoms with Crippen molar-refractivity contribution >= 4 is 16.9 Å². The molecule has 0 bridgehead atoms. The van der Waals surface area contributed by atoms with E-state index < -0.39 is 0 Å². The van der Waals surface area contributed by atoms with Gasteiger partial charge in [-0.15, -0.1) is 0 Å². The van der Waals surface area contributed by atoms with E-state index in [-0.39, 0.29) is 24.0 Å². The van der Waals surface area contributed by atoms with Crippen LogP contribution in [0.25, 0.3) is 0 Å². The summed E-state index contributed by atoms with van der Waals surface area (Å²) >= 11 is 1.68. The molecule has 0 saturated heterocycles. The number of nitrogens with one attached hydrogen (secondary N) is 1. The summed E-state index contributed by atoms with van der Waals surface area (Å²) in [5.41, 5.74) is 0. The Morgan fingerprint density at radius 1 is 1.67 bits per heavy atom. The molecule has 0 aromatic carbocycles. The molecule has 0 aromatic heterocycles. The summed E-state index contributed by atoms with van der Waals surface area (Å²) in [4.78, 5) is 4.22. The quantitative estimate of drug-likeness (QED) is 0.494. The number of nitrogens with zero attached hydrogens (tertiary/aromatic N) is 1. The maximum Gasteiger partial charge on any atom is 0.156 e. The third-order valence-corrected chi connectivity index (χ3v) is 1.72. The molecule has 1 N–H and O–H groups in total. The lowest BCUT2D eigenvalue weighted by Crippen LogP contribution is -3.00. The minimum absolute atomic E-state index is 0. The van der Waals surface area contributed by atoms with Gasteiger partial charge in [-0.05, 0) is 12.7 Å². The molecule has 2 nitrogen and oxygen atoms in total. The highest BCUT2D eigenvalue weighted by Gasteiger charge is 1.99. The maximum absolute atomic E-state index is 4.22. The summed E-state index contributed by atoms with van der Waals surface area (Å²) in [6.45, 7) is 2.10. The number of thioether (sulfide) groups is 1. The van der Waals surface area contributed by atoms with Crippen LogP contribution < -0.4 is 29.3 Å². The van der Waals surface area contributed by atoms with Gasteiger partial charge in [-0.2, -0.15) is 0 Å². The molecule has 0 aromatic rings. The van der Waals surface area contributed by atoms with Crippen molar-refractivity contribution in [2.75, 3.05) is 19.3 Å². The maximum atomic E-state index is 4.22. The summed E-state index contributed by atoms with van der Waals surface area (Å²) < 4.78 is 0. The third kappa shape index (κ3) is 3.30. The Morgan fingerprint density at radius 3 is 2.78 bits per heavy atom. The van der Waals surface area contributed by atoms with Crippen molar-refractivity contribution in [2.24, 2.45) is 4.99 Å². The number of amidine groups is 1. The topological polar surface area (TPSA) is 24.4 Å². The van der Waals surface area contributed by atoms with E-state index in [2.05, 4.69) is 10.3 Å². The highest BCUT2D eigenvalue weighted by Crippen LogP contribution is 1.99. The zero-order valence-corrected chi connectivity index (χ0v) is 8.33. The number of halogens is 1. The standard InChI is InChI=1S/C5H10N2S.HI/c1-8-5-6-3-2-4-7-5;/h2-4H2,1H3,(H,6,7);1H/p-1. The lowest BCUT2D eigenvalue weighted by molar-refractivity contribution is -0.00000174. The molecule has 0 atom stereocenters. The van der Waals surface area contributed by atoms with Crippen LogP contribution in [-0.4, -0.2) is 24.5 Å². The molecule has 4 heteroatoms. The molecule has 0 amide bonds. The van der Waals surface area contributed by atoms with E-state index in [4.69, 9.17) is 0 Å². The first-order valence-electron chi connectivity index (χ1n) is 2.76. The fraction of sp³-hybridized carbons (Fsp3) is 0.800. The van der Waals surface area contributed by atoms with Crippen LogP contribution in [0.4, 0.5) is 0 Å². The minimum atomic E-state index is 0. The Labute approximate surface area is 76.9 Å². The molecule has 0 unspecified atom stereocenters. The van der Waals surface area contributed by atoms with Gasteiger partial charge in [-0.25, -0.2) is 0 Å². The molecule has 0 spiro atoms. The third-order valence-electron chi connectivity index (χ3n) is 1.06. The number of hydrogen-bond acceptors (Lipinski definition) is 3. The van der Waals surface area contributed by atoms with Gasteiger partial charge in [0.1, 0.15) is 0 Å². The van der Waals surface area contributed by atoms with Crippen LogP contribution in [0.5, 0.6) is 0 Å². The normalized spacial score (nSPS) is 17.2. The Hall–Kier alpha value is 0.550. The van der Waals surface area contributed by atoms with E-state index in [1.807, 2.05) is 6.26 Å². The Kier molecular flexibility index (Phi) is 5.67. The second kappa shape index (κ2) is 5.34. The smallest absolute Gasteiger partial charge is 0.156 e. The molecule has 0 fully saturated rings. The van der Waals surface area contributed by atoms with Gasteiger partial charge in [-0.1, -0.05) is 11.8 Å². The van der Waals surface area contributed by atoms with Gasteiger partial charge in [0.25, 0.3) is 0 Å². The van der Waals surface area contributed by atoms with Crippen LogP contribution in [0.15, 0.2) is 4.99 Å². The lowest BCUT2D eigenvalue weighted by atomic mass is 10.4. The van der Waals surface area contributed by atoms with E-state index in [0.29, 0.717) is 0 Å². The fourth-order valence-electron chi connectivity index (χ4n) is 0.648. The molecule has 1 heterocycles. The zero-order valence-electron chi connectivity index (χ0n) is 5.35. The van der Waals surface area contributed by atoms with Crippen molar-refractivity contribution in [3.8, 4) is 0 Å². The Morgan fingerprint density at radius 2 is 2.44 bits per heavy atom. The molecular weight excluding hydrogens is 247 g/mol. The minimum Gasteiger partial charge on any atom is -1.00 e. The van der Waals surface area contributed by atoms with E-state index in [1.165, 1.54) is 6.42 Å². The second-order valence-corrected chi connectivity index (χ2v) is 2.47. The molecule has 54 valence electrons. The largest absolute Gasteiger partial charge is 1.00 e. The van der Waals surface area contributed by atoms with Crippen LogP contribution in [0.2, 0.25) is 0 Å². The van der Waals surface area contributed by atoms with Crippen LogP contribution in [0.1, 0.15) is 6.42 Å². The van der Waals surface area contributed by atoms with Crippen LogP contribution in [0.3, 0.4) is 0 Å². The van der Waals surface area contributed by atoms with Crippen molar-refractivity contribution in [1.82, 2.24) is 5.32 Å². The predicted molar refractivity (Wildman–Crippen MR) is 38.4 cm³/mol. The average molecular weight is 257 g/mol. The van der Waals surface area contributed by atoms with Gasteiger partial charge in [0.05, 0.1) is 0 Å². The van der Waals surface area contributed by atoms with E-state index in [0.717, 1.165) is 18.3 Å². The van der Waals surface area contributed by atoms with Crippen LogP contribution in [-0.2, 0) is 0 Å². The van der Waals surface area contributed by atoms with Gasteiger partial charge in [0, 0.05) is 13.1 Å². The summed E-state index contributed by atoms with van der Waals surface area (Å²) in [6.07, 6.45) is 3.22. The van der Waals surface area contributed by atoms with Gasteiger partial charge >= 0.3 is 0 Å². The highest BCUT2D eigenvalue weighted by molar-refractivity contribution is 8.13. The lowest BCUT2D eigenvalue weighted by Gasteiger charge is -2.10. The molecule has 0 radical (unpaired) electrons. The first-order chi connectivity index (χ1) is 3.93. The molecule has 0 saturated carbocycles. The number of hydrogen-bond donors (Lipinski definition) is 1. The number of rotatable bonds is 0. The molecule has 0 aliphatic carbocycles. The first-order valence-corrected chi connectivity index (χ1v) is 3.98. The fourth-order valence-corrected chi connectivity index (χ4v) is 1.11. The van der Waals surface area contributed by atoms with Crippen molar-refractivity contribution < 1.29 is 24.0 Å². The monoisotopic (exact) mass is 257 g/mol. The van der Waals surface area contributed by atoms with Gasteiger partial charge in [0.2, 0.25) is 0 Å². The Bertz CT molecular complexity index is 105. The molecule has 1 aliphatic heterocycles. The summed E-state index contributed by atoms with van der Waals surface area (Å²) in [5.74, 6) is 0. The summed E-state index contributed by atoms with van der Waals surface area (Å²) in [6, 6.07) is 0. The van der Waals surface area contributed by atoms with Crippen molar-refractivity contribution in [2.45, 2.75) is 6.42 Å². The van der Waals surface area contributed by atoms with Gasteiger partial charge < -0.3 is 29.3 Å². The van der Waals surface area contributed by atoms with E-state index in [1.54, 1.807) is 11.8 Å². The first kappa shape index (κ1) is 9.55. The average Bonchev–Trinajstić information content (AvgIpc) is 1.90. The predicted octanol–water partition coefficient (Wildman–Crippen LogP) is -2.30. The molecule has 1 aliphatic rings. The molecule has 1 rings (SSSR count). The van der Waals surface area contributed by atoms with Crippen molar-refractivity contribution in [1.29, 1.82) is 0 Å². The number of aliphatic imine (C=N–C) groups is 1. The van der Waals surface area contributed by atoms with Gasteiger partial charge in [0.15, 0.2) is 5.17 Å². The highest BCUT2D eigenvalue weighted by atomic mass is 127. The molecule has 9 heavy (non-hydrogen) atoms. The van der Waals surface area contributed by atoms with Crippen molar-refractivity contribution in [3.05, 3.63) is 0 Å².